The van der Waals surface area contributed by atoms with Gasteiger partial charge >= 0.3 is 5.97 Å². The third-order valence-electron chi connectivity index (χ3n) is 7.42. The highest BCUT2D eigenvalue weighted by molar-refractivity contribution is 5.92. The minimum Gasteiger partial charge on any atom is -0.456 e. The van der Waals surface area contributed by atoms with E-state index in [4.69, 9.17) is 9.47 Å². The fraction of sp³-hybridized carbons (Fsp3) is 0.583. The topological polar surface area (TPSA) is 52.6 Å². The van der Waals surface area contributed by atoms with Gasteiger partial charge in [0.25, 0.3) is 0 Å². The lowest BCUT2D eigenvalue weighted by Gasteiger charge is -2.52. The van der Waals surface area contributed by atoms with Crippen LogP contribution in [-0.4, -0.2) is 29.1 Å². The highest BCUT2D eigenvalue weighted by Crippen LogP contribution is 2.61. The van der Waals surface area contributed by atoms with Gasteiger partial charge in [-0.25, -0.2) is 4.79 Å². The molecule has 1 aliphatic carbocycles. The lowest BCUT2D eigenvalue weighted by Crippen LogP contribution is -2.62. The molecule has 2 aliphatic heterocycles. The fourth-order valence-electron chi connectivity index (χ4n) is 5.78. The molecule has 0 radical (unpaired) electrons. The van der Waals surface area contributed by atoms with Crippen molar-refractivity contribution < 1.29 is 19.1 Å². The second-order valence-corrected chi connectivity index (χ2v) is 9.26. The number of Topliss-reactive ketones (excluding diaryl/α,β-unsaturated/α-hetero) is 1. The van der Waals surface area contributed by atoms with Crippen LogP contribution in [0.1, 0.15) is 52.5 Å². The van der Waals surface area contributed by atoms with Crippen LogP contribution >= 0.6 is 0 Å². The van der Waals surface area contributed by atoms with Crippen LogP contribution in [-0.2, 0) is 19.1 Å². The molecule has 4 heteroatoms. The van der Waals surface area contributed by atoms with E-state index in [0.29, 0.717) is 12.3 Å². The van der Waals surface area contributed by atoms with Crippen molar-refractivity contribution in [1.29, 1.82) is 0 Å². The highest BCUT2D eigenvalue weighted by Gasteiger charge is 2.71. The fourth-order valence-corrected chi connectivity index (χ4v) is 5.78. The largest absolute Gasteiger partial charge is 0.456 e. The molecule has 150 valence electrons. The number of carbonyl (C=O) groups is 2. The predicted molar refractivity (Wildman–Crippen MR) is 107 cm³/mol. The van der Waals surface area contributed by atoms with E-state index in [-0.39, 0.29) is 35.6 Å². The predicted octanol–water partition coefficient (Wildman–Crippen LogP) is 4.43. The van der Waals surface area contributed by atoms with Gasteiger partial charge in [-0.05, 0) is 43.2 Å². The average Bonchev–Trinajstić information content (AvgIpc) is 3.16. The molecule has 0 aromatic heterocycles. The maximum absolute atomic E-state index is 13.0. The molecule has 6 atom stereocenters. The van der Waals surface area contributed by atoms with E-state index in [9.17, 15) is 9.59 Å². The first-order valence-corrected chi connectivity index (χ1v) is 10.4. The number of ketones is 1. The van der Waals surface area contributed by atoms with Gasteiger partial charge in [-0.3, -0.25) is 4.79 Å². The molecule has 2 heterocycles. The molecule has 2 saturated heterocycles. The summed E-state index contributed by atoms with van der Waals surface area (Å²) in [6.45, 7) is 8.32. The van der Waals surface area contributed by atoms with Crippen molar-refractivity contribution >= 4 is 17.8 Å². The molecule has 0 N–H and O–H groups in total. The third kappa shape index (κ3) is 2.85. The summed E-state index contributed by atoms with van der Waals surface area (Å²) in [5.74, 6) is 0.597. The Morgan fingerprint density at radius 1 is 1.25 bits per heavy atom. The maximum atomic E-state index is 13.0. The van der Waals surface area contributed by atoms with Crippen LogP contribution in [0.5, 0.6) is 0 Å². The summed E-state index contributed by atoms with van der Waals surface area (Å²) in [6, 6.07) is 9.70. The monoisotopic (exact) mass is 382 g/mol. The van der Waals surface area contributed by atoms with Gasteiger partial charge in [0.1, 0.15) is 17.3 Å². The van der Waals surface area contributed by atoms with E-state index in [2.05, 4.69) is 20.8 Å². The Morgan fingerprint density at radius 3 is 2.64 bits per heavy atom. The average molecular weight is 383 g/mol. The molecule has 0 unspecified atom stereocenters. The summed E-state index contributed by atoms with van der Waals surface area (Å²) >= 11 is 0. The second-order valence-electron chi connectivity index (χ2n) is 9.26. The zero-order chi connectivity index (χ0) is 20.1. The van der Waals surface area contributed by atoms with Gasteiger partial charge in [0.05, 0.1) is 0 Å². The SMILES string of the molecule is CC(C)[C@@]12CC(=O)[C@@](C)(O1)[C@@H]1CC[C@@H](C)[C@H]1[C@@H]2OC(=O)/C=C/c1ccccc1. The van der Waals surface area contributed by atoms with Gasteiger partial charge in [0, 0.05) is 24.3 Å². The number of rotatable bonds is 4. The van der Waals surface area contributed by atoms with Crippen LogP contribution < -0.4 is 0 Å². The van der Waals surface area contributed by atoms with E-state index in [1.807, 2.05) is 37.3 Å². The molecular weight excluding hydrogens is 352 g/mol. The smallest absolute Gasteiger partial charge is 0.331 e. The van der Waals surface area contributed by atoms with E-state index < -0.39 is 11.2 Å². The molecule has 3 fully saturated rings. The minimum atomic E-state index is -0.734. The van der Waals surface area contributed by atoms with Gasteiger partial charge in [0.15, 0.2) is 5.78 Å². The van der Waals surface area contributed by atoms with Crippen LogP contribution in [0.2, 0.25) is 0 Å². The van der Waals surface area contributed by atoms with Crippen molar-refractivity contribution in [3.8, 4) is 0 Å². The zero-order valence-corrected chi connectivity index (χ0v) is 17.2. The van der Waals surface area contributed by atoms with Crippen LogP contribution in [0.15, 0.2) is 36.4 Å². The molecule has 3 aliphatic rings. The first-order chi connectivity index (χ1) is 13.3. The van der Waals surface area contributed by atoms with Crippen LogP contribution in [0.3, 0.4) is 0 Å². The number of hydrogen-bond acceptors (Lipinski definition) is 4. The van der Waals surface area contributed by atoms with Gasteiger partial charge in [-0.15, -0.1) is 0 Å². The van der Waals surface area contributed by atoms with Gasteiger partial charge in [-0.1, -0.05) is 51.1 Å². The van der Waals surface area contributed by atoms with E-state index in [0.717, 1.165) is 18.4 Å². The number of ether oxygens (including phenoxy) is 2. The van der Waals surface area contributed by atoms with Gasteiger partial charge in [0.2, 0.25) is 0 Å². The van der Waals surface area contributed by atoms with Crippen molar-refractivity contribution in [2.24, 2.45) is 23.7 Å². The molecule has 1 aromatic carbocycles. The first-order valence-electron chi connectivity index (χ1n) is 10.4. The zero-order valence-electron chi connectivity index (χ0n) is 17.2. The maximum Gasteiger partial charge on any atom is 0.331 e. The second kappa shape index (κ2) is 6.84. The van der Waals surface area contributed by atoms with E-state index in [1.54, 1.807) is 6.08 Å². The Hall–Kier alpha value is -1.94. The molecule has 1 saturated carbocycles. The Kier molecular flexibility index (Phi) is 4.73. The highest BCUT2D eigenvalue weighted by atomic mass is 16.6. The lowest BCUT2D eigenvalue weighted by atomic mass is 9.69. The number of esters is 1. The molecular formula is C24H30O4. The quantitative estimate of drug-likeness (QED) is 0.571. The van der Waals surface area contributed by atoms with Gasteiger partial charge < -0.3 is 9.47 Å². The summed E-state index contributed by atoms with van der Waals surface area (Å²) in [5, 5.41) is 0. The Morgan fingerprint density at radius 2 is 1.96 bits per heavy atom. The molecule has 2 bridgehead atoms. The standard InChI is InChI=1S/C24H30O4/c1-15(2)24-14-19(25)23(4,28-24)18-12-10-16(3)21(18)22(24)27-20(26)13-11-17-8-6-5-7-9-17/h5-9,11,13,15-16,18,21-22H,10,12,14H2,1-4H3/b13-11+/t16-,18-,21-,22+,23+,24-/m1/s1. The van der Waals surface area contributed by atoms with Crippen molar-refractivity contribution in [2.75, 3.05) is 0 Å². The number of benzene rings is 1. The molecule has 0 spiro atoms. The normalized spacial score (nSPS) is 39.5. The molecule has 1 aromatic rings. The van der Waals surface area contributed by atoms with Crippen LogP contribution in [0.4, 0.5) is 0 Å². The third-order valence-corrected chi connectivity index (χ3v) is 7.42. The Labute approximate surface area is 167 Å². The van der Waals surface area contributed by atoms with Gasteiger partial charge in [-0.2, -0.15) is 0 Å². The van der Waals surface area contributed by atoms with Crippen molar-refractivity contribution in [2.45, 2.75) is 64.3 Å². The number of hydrogen-bond donors (Lipinski definition) is 0. The van der Waals surface area contributed by atoms with Crippen LogP contribution in [0, 0.1) is 23.7 Å². The summed E-state index contributed by atoms with van der Waals surface area (Å²) in [5.41, 5.74) is -0.502. The number of fused-ring (bicyclic) bond motifs is 4. The summed E-state index contributed by atoms with van der Waals surface area (Å²) in [7, 11) is 0. The first kappa shape index (κ1) is 19.4. The summed E-state index contributed by atoms with van der Waals surface area (Å²) < 4.78 is 12.6. The summed E-state index contributed by atoms with van der Waals surface area (Å²) in [4.78, 5) is 25.7. The van der Waals surface area contributed by atoms with E-state index >= 15 is 0 Å². The molecule has 0 amide bonds. The number of carbonyl (C=O) groups excluding carboxylic acids is 2. The Balaban J connectivity index is 1.64. The van der Waals surface area contributed by atoms with Crippen LogP contribution in [0.25, 0.3) is 6.08 Å². The summed E-state index contributed by atoms with van der Waals surface area (Å²) in [6.07, 6.45) is 5.21. The van der Waals surface area contributed by atoms with E-state index in [1.165, 1.54) is 6.08 Å². The lowest BCUT2D eigenvalue weighted by molar-refractivity contribution is -0.255. The van der Waals surface area contributed by atoms with Crippen molar-refractivity contribution in [3.05, 3.63) is 42.0 Å². The van der Waals surface area contributed by atoms with Crippen molar-refractivity contribution in [3.63, 3.8) is 0 Å². The van der Waals surface area contributed by atoms with Crippen molar-refractivity contribution in [1.82, 2.24) is 0 Å². The minimum absolute atomic E-state index is 0.0860. The Bertz CT molecular complexity index is 798. The molecule has 4 rings (SSSR count). The molecule has 4 nitrogen and oxygen atoms in total. The molecule has 28 heavy (non-hydrogen) atoms.